The van der Waals surface area contributed by atoms with Crippen molar-refractivity contribution in [1.29, 1.82) is 0 Å². The van der Waals surface area contributed by atoms with Crippen LogP contribution in [-0.2, 0) is 7.05 Å². The summed E-state index contributed by atoms with van der Waals surface area (Å²) < 4.78 is 2.32. The molecular weight excluding hydrogens is 388 g/mol. The van der Waals surface area contributed by atoms with Crippen molar-refractivity contribution in [3.05, 3.63) is 108 Å². The van der Waals surface area contributed by atoms with E-state index in [1.54, 1.807) is 0 Å². The van der Waals surface area contributed by atoms with Gasteiger partial charge in [-0.15, -0.1) is 0 Å². The van der Waals surface area contributed by atoms with Crippen LogP contribution in [0.5, 0.6) is 0 Å². The summed E-state index contributed by atoms with van der Waals surface area (Å²) in [7, 11) is 2.17. The Kier molecular flexibility index (Phi) is 5.07. The number of hydrogen-bond donors (Lipinski definition) is 0. The number of fused-ring (bicyclic) bond motifs is 1. The zero-order valence-corrected chi connectivity index (χ0v) is 19.1. The number of nitrogens with zero attached hydrogens (tertiary/aromatic N) is 2. The second-order valence-electron chi connectivity index (χ2n) is 8.57. The maximum absolute atomic E-state index is 4.29. The summed E-state index contributed by atoms with van der Waals surface area (Å²) in [6.07, 6.45) is 3.74. The Labute approximate surface area is 189 Å². The van der Waals surface area contributed by atoms with E-state index in [0.29, 0.717) is 0 Å². The van der Waals surface area contributed by atoms with E-state index >= 15 is 0 Å². The zero-order chi connectivity index (χ0) is 22.2. The maximum Gasteiger partial charge on any atom is 0.220 e. The summed E-state index contributed by atoms with van der Waals surface area (Å²) in [5.41, 5.74) is 11.2. The molecule has 3 aromatic carbocycles. The Morgan fingerprint density at radius 2 is 1.47 bits per heavy atom. The topological polar surface area (TPSA) is 16.8 Å². The Hall–Kier alpha value is -3.78. The molecule has 2 aromatic heterocycles. The summed E-state index contributed by atoms with van der Waals surface area (Å²) in [4.78, 5) is 4.29. The summed E-state index contributed by atoms with van der Waals surface area (Å²) in [5.74, 6) is 0. The van der Waals surface area contributed by atoms with Crippen molar-refractivity contribution >= 4 is 10.8 Å². The average Bonchev–Trinajstić information content (AvgIpc) is 2.83. The van der Waals surface area contributed by atoms with Crippen LogP contribution in [0.15, 0.2) is 91.3 Å². The largest absolute Gasteiger partial charge is 0.264 e. The molecule has 2 heterocycles. The Morgan fingerprint density at radius 3 is 2.22 bits per heavy atom. The molecule has 0 radical (unpaired) electrons. The van der Waals surface area contributed by atoms with Gasteiger partial charge in [0, 0.05) is 30.9 Å². The van der Waals surface area contributed by atoms with Crippen LogP contribution in [0.25, 0.3) is 44.3 Å². The van der Waals surface area contributed by atoms with Gasteiger partial charge in [0.2, 0.25) is 5.69 Å². The van der Waals surface area contributed by atoms with Gasteiger partial charge in [0.25, 0.3) is 0 Å². The molecule has 0 atom stereocenters. The smallest absolute Gasteiger partial charge is 0.220 e. The molecule has 0 fully saturated rings. The molecule has 0 amide bonds. The van der Waals surface area contributed by atoms with Crippen LogP contribution >= 0.6 is 0 Å². The normalized spacial score (nSPS) is 11.1. The minimum Gasteiger partial charge on any atom is -0.264 e. The minimum absolute atomic E-state index is 1.14. The van der Waals surface area contributed by atoms with E-state index in [9.17, 15) is 0 Å². The molecule has 0 aliphatic carbocycles. The second kappa shape index (κ2) is 8.05. The highest BCUT2D eigenvalue weighted by Crippen LogP contribution is 2.35. The number of benzene rings is 3. The van der Waals surface area contributed by atoms with Crippen LogP contribution in [0, 0.1) is 20.8 Å². The van der Waals surface area contributed by atoms with Crippen LogP contribution in [0.4, 0.5) is 0 Å². The van der Waals surface area contributed by atoms with Crippen molar-refractivity contribution in [2.75, 3.05) is 0 Å². The third kappa shape index (κ3) is 3.48. The quantitative estimate of drug-likeness (QED) is 0.290. The summed E-state index contributed by atoms with van der Waals surface area (Å²) in [5, 5.41) is 2.51. The van der Waals surface area contributed by atoms with Crippen molar-refractivity contribution in [3.8, 4) is 33.5 Å². The van der Waals surface area contributed by atoms with E-state index in [1.165, 1.54) is 55.5 Å². The van der Waals surface area contributed by atoms with Gasteiger partial charge in [0.05, 0.1) is 10.9 Å². The molecule has 32 heavy (non-hydrogen) atoms. The molecular formula is C30H27N2+. The molecule has 0 unspecified atom stereocenters. The number of rotatable bonds is 3. The first-order chi connectivity index (χ1) is 15.5. The van der Waals surface area contributed by atoms with Gasteiger partial charge >= 0.3 is 0 Å². The molecule has 0 bridgehead atoms. The highest BCUT2D eigenvalue weighted by atomic mass is 14.9. The Balaban J connectivity index is 1.77. The summed E-state index contributed by atoms with van der Waals surface area (Å²) >= 11 is 0. The maximum atomic E-state index is 4.29. The molecule has 0 N–H and O–H groups in total. The van der Waals surface area contributed by atoms with Crippen LogP contribution in [-0.4, -0.2) is 4.98 Å². The van der Waals surface area contributed by atoms with Gasteiger partial charge < -0.3 is 0 Å². The number of pyridine rings is 2. The molecule has 0 aliphatic rings. The first-order valence-electron chi connectivity index (χ1n) is 11.0. The SMILES string of the molecule is Cc1cc(-c2ccccc2)cc(-c2c3ccc(-c4cccnc4)cc3cc(C)[n+]2C)c1C. The predicted molar refractivity (Wildman–Crippen MR) is 133 cm³/mol. The summed E-state index contributed by atoms with van der Waals surface area (Å²) in [6.45, 7) is 6.63. The van der Waals surface area contributed by atoms with Crippen LogP contribution in [0.3, 0.4) is 0 Å². The van der Waals surface area contributed by atoms with Gasteiger partial charge in [-0.25, -0.2) is 0 Å². The molecule has 0 aliphatic heterocycles. The number of hydrogen-bond acceptors (Lipinski definition) is 1. The lowest BCUT2D eigenvalue weighted by molar-refractivity contribution is -0.665. The first-order valence-corrected chi connectivity index (χ1v) is 11.0. The van der Waals surface area contributed by atoms with E-state index in [4.69, 9.17) is 0 Å². The summed E-state index contributed by atoms with van der Waals surface area (Å²) in [6, 6.07) is 28.4. The zero-order valence-electron chi connectivity index (χ0n) is 19.1. The van der Waals surface area contributed by atoms with Crippen LogP contribution in [0.1, 0.15) is 16.8 Å². The molecule has 156 valence electrons. The lowest BCUT2D eigenvalue weighted by Crippen LogP contribution is -2.35. The molecule has 5 aromatic rings. The molecule has 2 nitrogen and oxygen atoms in total. The van der Waals surface area contributed by atoms with E-state index in [0.717, 1.165) is 5.56 Å². The van der Waals surface area contributed by atoms with Crippen molar-refractivity contribution in [2.45, 2.75) is 20.8 Å². The van der Waals surface area contributed by atoms with Gasteiger partial charge in [-0.2, -0.15) is 4.57 Å². The van der Waals surface area contributed by atoms with Gasteiger partial charge in [-0.1, -0.05) is 48.5 Å². The van der Waals surface area contributed by atoms with Gasteiger partial charge in [-0.3, -0.25) is 4.98 Å². The van der Waals surface area contributed by atoms with E-state index in [2.05, 4.69) is 110 Å². The fourth-order valence-corrected chi connectivity index (χ4v) is 4.52. The van der Waals surface area contributed by atoms with Gasteiger partial charge in [0.1, 0.15) is 7.05 Å². The number of aryl methyl sites for hydroxylation is 2. The Morgan fingerprint density at radius 1 is 0.688 bits per heavy atom. The van der Waals surface area contributed by atoms with Crippen molar-refractivity contribution in [3.63, 3.8) is 0 Å². The monoisotopic (exact) mass is 415 g/mol. The fourth-order valence-electron chi connectivity index (χ4n) is 4.52. The average molecular weight is 416 g/mol. The first kappa shape index (κ1) is 20.1. The predicted octanol–water partition coefficient (Wildman–Crippen LogP) is 6.99. The highest BCUT2D eigenvalue weighted by Gasteiger charge is 2.21. The Bertz CT molecular complexity index is 1440. The molecule has 0 saturated heterocycles. The van der Waals surface area contributed by atoms with Crippen molar-refractivity contribution in [1.82, 2.24) is 4.98 Å². The van der Waals surface area contributed by atoms with Crippen LogP contribution in [0.2, 0.25) is 0 Å². The molecule has 0 saturated carbocycles. The van der Waals surface area contributed by atoms with Gasteiger partial charge in [0.15, 0.2) is 5.69 Å². The minimum atomic E-state index is 1.14. The lowest BCUT2D eigenvalue weighted by Gasteiger charge is -2.14. The third-order valence-electron chi connectivity index (χ3n) is 6.56. The molecule has 0 spiro atoms. The van der Waals surface area contributed by atoms with Crippen molar-refractivity contribution < 1.29 is 4.57 Å². The number of aromatic nitrogens is 2. The standard InChI is InChI=1S/C30H27N2/c1-20-15-26(23-9-6-5-7-10-23)18-29(22(20)3)30-28-13-12-24(25-11-8-14-31-19-25)17-27(28)16-21(2)32(30)4/h5-19H,1-4H3/q+1. The van der Waals surface area contributed by atoms with Crippen molar-refractivity contribution in [2.24, 2.45) is 7.05 Å². The van der Waals surface area contributed by atoms with Gasteiger partial charge in [-0.05, 0) is 71.3 Å². The van der Waals surface area contributed by atoms with E-state index < -0.39 is 0 Å². The van der Waals surface area contributed by atoms with E-state index in [1.807, 2.05) is 18.5 Å². The fraction of sp³-hybridized carbons (Fsp3) is 0.133. The lowest BCUT2D eigenvalue weighted by atomic mass is 9.91. The second-order valence-corrected chi connectivity index (χ2v) is 8.57. The van der Waals surface area contributed by atoms with E-state index in [-0.39, 0.29) is 0 Å². The molecule has 2 heteroatoms. The third-order valence-corrected chi connectivity index (χ3v) is 6.56. The highest BCUT2D eigenvalue weighted by molar-refractivity contribution is 5.97. The molecule has 5 rings (SSSR count). The van der Waals surface area contributed by atoms with Crippen LogP contribution < -0.4 is 4.57 Å².